The summed E-state index contributed by atoms with van der Waals surface area (Å²) < 4.78 is 1.21. The Labute approximate surface area is 125 Å². The van der Waals surface area contributed by atoms with E-state index >= 15 is 0 Å². The molecular formula is C14H15NO3S2. The second-order valence-corrected chi connectivity index (χ2v) is 6.29. The second kappa shape index (κ2) is 6.76. The summed E-state index contributed by atoms with van der Waals surface area (Å²) in [5.41, 5.74) is 1.13. The van der Waals surface area contributed by atoms with Gasteiger partial charge in [-0.1, -0.05) is 18.2 Å². The van der Waals surface area contributed by atoms with Crippen molar-refractivity contribution in [1.82, 2.24) is 4.90 Å². The van der Waals surface area contributed by atoms with Gasteiger partial charge in [-0.25, -0.2) is 0 Å². The standard InChI is InChI=1S/C14H15NO3S2/c1-15(13(16)8-19-9-14(17)18)6-10-7-20-12-5-3-2-4-11(10)12/h2-5,7H,6,8-9H2,1H3,(H,17,18). The lowest BCUT2D eigenvalue weighted by Crippen LogP contribution is -2.28. The third-order valence-corrected chi connectivity index (χ3v) is 4.76. The van der Waals surface area contributed by atoms with Gasteiger partial charge in [-0.15, -0.1) is 23.1 Å². The lowest BCUT2D eigenvalue weighted by Gasteiger charge is -2.16. The van der Waals surface area contributed by atoms with E-state index in [1.54, 1.807) is 23.3 Å². The number of hydrogen-bond acceptors (Lipinski definition) is 4. The monoisotopic (exact) mass is 309 g/mol. The van der Waals surface area contributed by atoms with E-state index in [2.05, 4.69) is 17.5 Å². The van der Waals surface area contributed by atoms with Crippen molar-refractivity contribution in [3.8, 4) is 0 Å². The fourth-order valence-corrected chi connectivity index (χ4v) is 3.46. The number of aliphatic carboxylic acids is 1. The number of carboxylic acid groups (broad SMARTS) is 1. The first-order valence-electron chi connectivity index (χ1n) is 6.06. The molecule has 0 saturated heterocycles. The molecule has 20 heavy (non-hydrogen) atoms. The lowest BCUT2D eigenvalue weighted by molar-refractivity contribution is -0.133. The summed E-state index contributed by atoms with van der Waals surface area (Å²) in [5.74, 6) is -0.785. The summed E-state index contributed by atoms with van der Waals surface area (Å²) in [6.45, 7) is 0.552. The molecule has 0 aliphatic heterocycles. The maximum absolute atomic E-state index is 11.9. The van der Waals surface area contributed by atoms with Crippen LogP contribution in [-0.4, -0.2) is 40.4 Å². The maximum Gasteiger partial charge on any atom is 0.313 e. The van der Waals surface area contributed by atoms with Gasteiger partial charge in [-0.2, -0.15) is 0 Å². The van der Waals surface area contributed by atoms with Gasteiger partial charge in [0.25, 0.3) is 0 Å². The number of thioether (sulfide) groups is 1. The van der Waals surface area contributed by atoms with Crippen molar-refractivity contribution in [2.75, 3.05) is 18.6 Å². The van der Waals surface area contributed by atoms with Crippen molar-refractivity contribution in [3.05, 3.63) is 35.2 Å². The van der Waals surface area contributed by atoms with E-state index in [-0.39, 0.29) is 17.4 Å². The Balaban J connectivity index is 1.95. The number of carboxylic acids is 1. The van der Waals surface area contributed by atoms with Crippen LogP contribution in [-0.2, 0) is 16.1 Å². The van der Waals surface area contributed by atoms with Gasteiger partial charge in [0.2, 0.25) is 5.91 Å². The molecule has 0 bridgehead atoms. The Hall–Kier alpha value is -1.53. The van der Waals surface area contributed by atoms with Crippen LogP contribution in [0.25, 0.3) is 10.1 Å². The van der Waals surface area contributed by atoms with Crippen LogP contribution in [0.1, 0.15) is 5.56 Å². The number of amides is 1. The topological polar surface area (TPSA) is 57.6 Å². The highest BCUT2D eigenvalue weighted by atomic mass is 32.2. The molecule has 0 spiro atoms. The Morgan fingerprint density at radius 1 is 1.30 bits per heavy atom. The van der Waals surface area contributed by atoms with Crippen molar-refractivity contribution in [2.45, 2.75) is 6.54 Å². The molecule has 1 aromatic carbocycles. The average molecular weight is 309 g/mol. The van der Waals surface area contributed by atoms with E-state index in [1.807, 2.05) is 12.1 Å². The largest absolute Gasteiger partial charge is 0.481 e. The summed E-state index contributed by atoms with van der Waals surface area (Å²) in [6, 6.07) is 8.11. The molecule has 2 rings (SSSR count). The highest BCUT2D eigenvalue weighted by Crippen LogP contribution is 2.26. The molecule has 1 aromatic heterocycles. The predicted molar refractivity (Wildman–Crippen MR) is 83.3 cm³/mol. The summed E-state index contributed by atoms with van der Waals surface area (Å²) in [7, 11) is 1.75. The van der Waals surface area contributed by atoms with E-state index in [0.29, 0.717) is 6.54 Å². The van der Waals surface area contributed by atoms with Crippen LogP contribution in [0.3, 0.4) is 0 Å². The van der Waals surface area contributed by atoms with Crippen molar-refractivity contribution in [1.29, 1.82) is 0 Å². The molecule has 2 aromatic rings. The number of thiophene rings is 1. The number of hydrogen-bond donors (Lipinski definition) is 1. The zero-order chi connectivity index (χ0) is 14.5. The molecule has 0 saturated carbocycles. The zero-order valence-corrected chi connectivity index (χ0v) is 12.7. The van der Waals surface area contributed by atoms with Crippen LogP contribution >= 0.6 is 23.1 Å². The molecule has 0 atom stereocenters. The number of rotatable bonds is 6. The molecule has 0 radical (unpaired) electrons. The van der Waals surface area contributed by atoms with Crippen LogP contribution < -0.4 is 0 Å². The maximum atomic E-state index is 11.9. The molecule has 1 N–H and O–H groups in total. The first-order chi connectivity index (χ1) is 9.58. The SMILES string of the molecule is CN(Cc1csc2ccccc12)C(=O)CSCC(=O)O. The molecule has 6 heteroatoms. The molecule has 106 valence electrons. The number of benzene rings is 1. The van der Waals surface area contributed by atoms with Crippen LogP contribution in [0.5, 0.6) is 0 Å². The van der Waals surface area contributed by atoms with E-state index < -0.39 is 5.97 Å². The Morgan fingerprint density at radius 3 is 2.80 bits per heavy atom. The van der Waals surface area contributed by atoms with Gasteiger partial charge in [-0.3, -0.25) is 9.59 Å². The highest BCUT2D eigenvalue weighted by Gasteiger charge is 2.12. The Kier molecular flexibility index (Phi) is 5.03. The minimum Gasteiger partial charge on any atom is -0.481 e. The quantitative estimate of drug-likeness (QED) is 0.891. The van der Waals surface area contributed by atoms with E-state index in [0.717, 1.165) is 17.3 Å². The third kappa shape index (κ3) is 3.74. The van der Waals surface area contributed by atoms with Crippen LogP contribution in [0.2, 0.25) is 0 Å². The van der Waals surface area contributed by atoms with Crippen molar-refractivity contribution < 1.29 is 14.7 Å². The highest BCUT2D eigenvalue weighted by molar-refractivity contribution is 8.00. The van der Waals surface area contributed by atoms with Crippen molar-refractivity contribution in [3.63, 3.8) is 0 Å². The summed E-state index contributed by atoms with van der Waals surface area (Å²) in [5, 5.41) is 11.8. The smallest absolute Gasteiger partial charge is 0.313 e. The molecule has 0 unspecified atom stereocenters. The summed E-state index contributed by atoms with van der Waals surface area (Å²) >= 11 is 2.79. The minimum absolute atomic E-state index is 0.0407. The fourth-order valence-electron chi connectivity index (χ4n) is 1.83. The van der Waals surface area contributed by atoms with E-state index in [4.69, 9.17) is 5.11 Å². The molecule has 4 nitrogen and oxygen atoms in total. The third-order valence-electron chi connectivity index (χ3n) is 2.85. The predicted octanol–water partition coefficient (Wildman–Crippen LogP) is 2.68. The summed E-state index contributed by atoms with van der Waals surface area (Å²) in [4.78, 5) is 24.0. The fraction of sp³-hybridized carbons (Fsp3) is 0.286. The van der Waals surface area contributed by atoms with E-state index in [1.165, 1.54) is 10.1 Å². The Bertz CT molecular complexity index is 624. The van der Waals surface area contributed by atoms with E-state index in [9.17, 15) is 9.59 Å². The van der Waals surface area contributed by atoms with Crippen LogP contribution in [0, 0.1) is 0 Å². The number of nitrogens with zero attached hydrogens (tertiary/aromatic N) is 1. The average Bonchev–Trinajstić information content (AvgIpc) is 2.81. The molecular weight excluding hydrogens is 294 g/mol. The normalized spacial score (nSPS) is 10.7. The zero-order valence-electron chi connectivity index (χ0n) is 11.0. The summed E-state index contributed by atoms with van der Waals surface area (Å²) in [6.07, 6.45) is 0. The molecule has 1 amide bonds. The first kappa shape index (κ1) is 14.9. The lowest BCUT2D eigenvalue weighted by atomic mass is 10.2. The van der Waals surface area contributed by atoms with Crippen LogP contribution in [0.15, 0.2) is 29.6 Å². The van der Waals surface area contributed by atoms with Gasteiger partial charge in [0.15, 0.2) is 0 Å². The molecule has 0 aliphatic carbocycles. The van der Waals surface area contributed by atoms with Crippen LogP contribution in [0.4, 0.5) is 0 Å². The number of carbonyl (C=O) groups excluding carboxylic acids is 1. The van der Waals surface area contributed by atoms with Gasteiger partial charge < -0.3 is 10.0 Å². The second-order valence-electron chi connectivity index (χ2n) is 4.39. The van der Waals surface area contributed by atoms with Gasteiger partial charge in [0.05, 0.1) is 11.5 Å². The van der Waals surface area contributed by atoms with Gasteiger partial charge >= 0.3 is 5.97 Å². The molecule has 1 heterocycles. The van der Waals surface area contributed by atoms with Crippen molar-refractivity contribution in [2.24, 2.45) is 0 Å². The van der Waals surface area contributed by atoms with Gasteiger partial charge in [0.1, 0.15) is 0 Å². The first-order valence-corrected chi connectivity index (χ1v) is 8.10. The Morgan fingerprint density at radius 2 is 2.05 bits per heavy atom. The number of carbonyl (C=O) groups is 2. The van der Waals surface area contributed by atoms with Crippen molar-refractivity contribution >= 4 is 45.1 Å². The number of fused-ring (bicyclic) bond motifs is 1. The molecule has 0 aliphatic rings. The van der Waals surface area contributed by atoms with Gasteiger partial charge in [0, 0.05) is 18.3 Å². The minimum atomic E-state index is -0.894. The molecule has 0 fully saturated rings. The van der Waals surface area contributed by atoms with Gasteiger partial charge in [-0.05, 0) is 22.4 Å².